The largest absolute Gasteiger partial charge is 0.466 e. The number of ether oxygens (including phenoxy) is 1. The number of hydrogen-bond acceptors (Lipinski definition) is 5. The molecule has 0 spiro atoms. The van der Waals surface area contributed by atoms with Crippen molar-refractivity contribution >= 4 is 11.9 Å². The summed E-state index contributed by atoms with van der Waals surface area (Å²) >= 11 is 0. The van der Waals surface area contributed by atoms with E-state index in [9.17, 15) is 19.8 Å². The third-order valence-electron chi connectivity index (χ3n) is 17.8. The zero-order chi connectivity index (χ0) is 59.2. The lowest BCUT2D eigenvalue weighted by Gasteiger charge is -2.22. The van der Waals surface area contributed by atoms with Gasteiger partial charge in [-0.3, -0.25) is 9.59 Å². The van der Waals surface area contributed by atoms with Crippen LogP contribution >= 0.6 is 0 Å². The molecule has 2 atom stereocenters. The Labute approximate surface area is 513 Å². The van der Waals surface area contributed by atoms with Crippen molar-refractivity contribution < 1.29 is 24.5 Å². The number of nitrogens with one attached hydrogen (secondary N) is 1. The molecule has 3 N–H and O–H groups in total. The number of hydrogen-bond donors (Lipinski definition) is 3. The third kappa shape index (κ3) is 67.5. The highest BCUT2D eigenvalue weighted by Gasteiger charge is 2.20. The normalized spacial score (nSPS) is 12.6. The summed E-state index contributed by atoms with van der Waals surface area (Å²) in [6.45, 7) is 4.97. The number of aliphatic hydroxyl groups excluding tert-OH is 2. The molecule has 0 saturated heterocycles. The van der Waals surface area contributed by atoms with Crippen LogP contribution in [-0.2, 0) is 14.3 Å². The van der Waals surface area contributed by atoms with Crippen LogP contribution in [0.4, 0.5) is 0 Å². The second-order valence-corrected chi connectivity index (χ2v) is 26.0. The zero-order valence-electron chi connectivity index (χ0n) is 55.8. The molecule has 0 saturated carbocycles. The molecule has 0 aliphatic rings. The van der Waals surface area contributed by atoms with E-state index in [4.69, 9.17) is 4.74 Å². The number of carbonyl (C=O) groups is 2. The molecule has 0 radical (unpaired) electrons. The first-order chi connectivity index (χ1) is 40.5. The van der Waals surface area contributed by atoms with Gasteiger partial charge in [-0.25, -0.2) is 0 Å². The van der Waals surface area contributed by atoms with Crippen molar-refractivity contribution in [2.24, 2.45) is 0 Å². The number of carbonyl (C=O) groups excluding carboxylic acids is 2. The number of aliphatic hydroxyl groups is 2. The van der Waals surface area contributed by atoms with Crippen LogP contribution in [-0.4, -0.2) is 47.4 Å². The molecule has 486 valence electrons. The van der Waals surface area contributed by atoms with Crippen molar-refractivity contribution in [3.63, 3.8) is 0 Å². The first kappa shape index (κ1) is 80.3. The molecule has 82 heavy (non-hydrogen) atoms. The van der Waals surface area contributed by atoms with Gasteiger partial charge in [0.15, 0.2) is 0 Å². The van der Waals surface area contributed by atoms with Gasteiger partial charge in [0.2, 0.25) is 5.91 Å². The Balaban J connectivity index is 3.32. The average Bonchev–Trinajstić information content (AvgIpc) is 3.48. The smallest absolute Gasteiger partial charge is 0.305 e. The van der Waals surface area contributed by atoms with E-state index in [1.807, 2.05) is 0 Å². The lowest BCUT2D eigenvalue weighted by molar-refractivity contribution is -0.143. The molecule has 1 amide bonds. The van der Waals surface area contributed by atoms with E-state index >= 15 is 0 Å². The van der Waals surface area contributed by atoms with E-state index < -0.39 is 12.1 Å². The Morgan fingerprint density at radius 3 is 0.951 bits per heavy atom. The van der Waals surface area contributed by atoms with Gasteiger partial charge in [-0.1, -0.05) is 378 Å². The number of amides is 1. The summed E-state index contributed by atoms with van der Waals surface area (Å²) in [5, 5.41) is 23.4. The van der Waals surface area contributed by atoms with Crippen molar-refractivity contribution in [2.75, 3.05) is 13.2 Å². The molecule has 0 aromatic carbocycles. The van der Waals surface area contributed by atoms with Gasteiger partial charge >= 0.3 is 5.97 Å². The van der Waals surface area contributed by atoms with Gasteiger partial charge in [0, 0.05) is 12.8 Å². The molecule has 6 nitrogen and oxygen atoms in total. The molecule has 2 unspecified atom stereocenters. The standard InChI is InChI=1S/C76H147NO5/c1-3-5-7-9-11-13-15-17-19-21-34-38-42-46-50-54-58-62-66-70-76(81)82-71-67-63-59-55-51-47-43-39-36-33-31-29-27-25-23-22-24-26-28-30-32-35-37-41-45-49-53-57-61-65-69-75(80)77-73(72-78)74(79)68-64-60-56-52-48-44-40-20-18-16-14-12-10-8-6-4-2/h11,13,17,19,73-74,78-79H,3-10,12,14-16,18,20-72H2,1-2H3,(H,77,80)/b13-11-,19-17-. The first-order valence-corrected chi connectivity index (χ1v) is 37.6. The minimum absolute atomic E-state index is 0.0172. The molecule has 0 heterocycles. The number of esters is 1. The minimum atomic E-state index is -0.661. The quantitative estimate of drug-likeness (QED) is 0.0320. The fourth-order valence-electron chi connectivity index (χ4n) is 12.0. The molecule has 0 rings (SSSR count). The van der Waals surface area contributed by atoms with Gasteiger partial charge in [0.05, 0.1) is 25.4 Å². The second kappa shape index (κ2) is 71.8. The van der Waals surface area contributed by atoms with Crippen LogP contribution in [0.3, 0.4) is 0 Å². The van der Waals surface area contributed by atoms with Crippen molar-refractivity contribution in [3.05, 3.63) is 24.3 Å². The summed E-state index contributed by atoms with van der Waals surface area (Å²) in [5.41, 5.74) is 0. The molecule has 0 aliphatic carbocycles. The molecule has 0 bridgehead atoms. The number of unbranched alkanes of at least 4 members (excludes halogenated alkanes) is 56. The van der Waals surface area contributed by atoms with Gasteiger partial charge in [-0.05, 0) is 57.8 Å². The highest BCUT2D eigenvalue weighted by Crippen LogP contribution is 2.20. The highest BCUT2D eigenvalue weighted by molar-refractivity contribution is 5.76. The van der Waals surface area contributed by atoms with E-state index in [1.165, 1.54) is 340 Å². The summed E-state index contributed by atoms with van der Waals surface area (Å²) in [6, 6.07) is -0.538. The van der Waals surface area contributed by atoms with Crippen LogP contribution in [0.1, 0.15) is 425 Å². The minimum Gasteiger partial charge on any atom is -0.466 e. The lowest BCUT2D eigenvalue weighted by atomic mass is 10.0. The van der Waals surface area contributed by atoms with E-state index in [2.05, 4.69) is 43.5 Å². The molecular weight excluding hydrogens is 1010 g/mol. The fraction of sp³-hybridized carbons (Fsp3) is 0.921. The van der Waals surface area contributed by atoms with Crippen LogP contribution in [0, 0.1) is 0 Å². The summed E-state index contributed by atoms with van der Waals surface area (Å²) in [7, 11) is 0. The molecule has 0 aromatic rings. The summed E-state index contributed by atoms with van der Waals surface area (Å²) in [6.07, 6.45) is 91.0. The van der Waals surface area contributed by atoms with E-state index in [0.717, 1.165) is 51.4 Å². The first-order valence-electron chi connectivity index (χ1n) is 37.6. The van der Waals surface area contributed by atoms with Crippen LogP contribution < -0.4 is 5.32 Å². The summed E-state index contributed by atoms with van der Waals surface area (Å²) in [5.74, 6) is -0.0102. The lowest BCUT2D eigenvalue weighted by Crippen LogP contribution is -2.45. The Bertz CT molecular complexity index is 1280. The van der Waals surface area contributed by atoms with Crippen molar-refractivity contribution in [1.29, 1.82) is 0 Å². The topological polar surface area (TPSA) is 95.9 Å². The van der Waals surface area contributed by atoms with Crippen molar-refractivity contribution in [1.82, 2.24) is 5.32 Å². The SMILES string of the molecule is CCCCC/C=C\C/C=C\CCCCCCCCCCCC(=O)OCCCCCCCCCCCCCCCCCCCCCCCCCCCCCCCCC(=O)NC(CO)C(O)CCCCCCCCCCCCCCCCCC. The molecule has 0 aliphatic heterocycles. The van der Waals surface area contributed by atoms with Crippen LogP contribution in [0.15, 0.2) is 24.3 Å². The van der Waals surface area contributed by atoms with Crippen LogP contribution in [0.2, 0.25) is 0 Å². The van der Waals surface area contributed by atoms with Crippen molar-refractivity contribution in [3.8, 4) is 0 Å². The number of rotatable bonds is 71. The predicted octanol–water partition coefficient (Wildman–Crippen LogP) is 24.5. The zero-order valence-corrected chi connectivity index (χ0v) is 55.8. The predicted molar refractivity (Wildman–Crippen MR) is 361 cm³/mol. The molecule has 0 fully saturated rings. The molecule has 6 heteroatoms. The van der Waals surface area contributed by atoms with Gasteiger partial charge < -0.3 is 20.3 Å². The number of allylic oxidation sites excluding steroid dienone is 4. The maximum absolute atomic E-state index is 12.5. The Hall–Kier alpha value is -1.66. The van der Waals surface area contributed by atoms with Crippen LogP contribution in [0.25, 0.3) is 0 Å². The summed E-state index contributed by atoms with van der Waals surface area (Å²) < 4.78 is 5.51. The van der Waals surface area contributed by atoms with E-state index in [0.29, 0.717) is 25.9 Å². The fourth-order valence-corrected chi connectivity index (χ4v) is 12.0. The van der Waals surface area contributed by atoms with Gasteiger partial charge in [0.25, 0.3) is 0 Å². The maximum Gasteiger partial charge on any atom is 0.305 e. The molecule has 0 aromatic heterocycles. The van der Waals surface area contributed by atoms with Crippen molar-refractivity contribution in [2.45, 2.75) is 437 Å². The molecular formula is C76H147NO5. The van der Waals surface area contributed by atoms with Gasteiger partial charge in [0.1, 0.15) is 0 Å². The summed E-state index contributed by atoms with van der Waals surface area (Å²) in [4.78, 5) is 24.6. The average molecular weight is 1160 g/mol. The Kier molecular flexibility index (Phi) is 70.4. The van der Waals surface area contributed by atoms with Gasteiger partial charge in [-0.2, -0.15) is 0 Å². The van der Waals surface area contributed by atoms with E-state index in [1.54, 1.807) is 0 Å². The van der Waals surface area contributed by atoms with Crippen LogP contribution in [0.5, 0.6) is 0 Å². The maximum atomic E-state index is 12.5. The monoisotopic (exact) mass is 1150 g/mol. The third-order valence-corrected chi connectivity index (χ3v) is 17.8. The second-order valence-electron chi connectivity index (χ2n) is 26.0. The van der Waals surface area contributed by atoms with Gasteiger partial charge in [-0.15, -0.1) is 0 Å². The van der Waals surface area contributed by atoms with E-state index in [-0.39, 0.29) is 18.5 Å². The Morgan fingerprint density at radius 1 is 0.341 bits per heavy atom. The highest BCUT2D eigenvalue weighted by atomic mass is 16.5. The Morgan fingerprint density at radius 2 is 0.610 bits per heavy atom.